The first kappa shape index (κ1) is 35.2. The molecule has 0 N–H and O–H groups in total. The zero-order chi connectivity index (χ0) is 39.8. The Bertz CT molecular complexity index is 2920. The summed E-state index contributed by atoms with van der Waals surface area (Å²) in [4.78, 5) is 0. The molecule has 0 atom stereocenters. The minimum atomic E-state index is 1.14. The number of benzene rings is 9. The maximum Gasteiger partial charge on any atom is 0.0620 e. The summed E-state index contributed by atoms with van der Waals surface area (Å²) in [5.41, 5.74) is 16.2. The van der Waals surface area contributed by atoms with Crippen molar-refractivity contribution in [1.82, 2.24) is 9.13 Å². The minimum Gasteiger partial charge on any atom is -0.308 e. The lowest BCUT2D eigenvalue weighted by Crippen LogP contribution is -2.07. The molecule has 0 spiro atoms. The second-order valence-electron chi connectivity index (χ2n) is 15.3. The molecule has 0 saturated carbocycles. The fourth-order valence-corrected chi connectivity index (χ4v) is 8.98. The van der Waals surface area contributed by atoms with E-state index >= 15 is 0 Å². The SMILES string of the molecule is c1ccc(-c2ccc3c(-n4c(-c5ccccc5)ccc4-c4ccccc4)c4cc(-c5ccccc5)ccc4c(-n4c(-c5ccccc5)ccc4-c4ccccc4)c3c2)cc1. The van der Waals surface area contributed by atoms with Crippen molar-refractivity contribution in [2.75, 3.05) is 0 Å². The van der Waals surface area contributed by atoms with Crippen molar-refractivity contribution in [1.29, 1.82) is 0 Å². The first-order chi connectivity index (χ1) is 29.8. The van der Waals surface area contributed by atoms with Crippen LogP contribution in [-0.4, -0.2) is 9.13 Å². The molecule has 2 heterocycles. The lowest BCUT2D eigenvalue weighted by atomic mass is 9.92. The summed E-state index contributed by atoms with van der Waals surface area (Å²) in [6, 6.07) is 88.1. The van der Waals surface area contributed by atoms with Crippen LogP contribution in [0.2, 0.25) is 0 Å². The molecule has 0 aliphatic rings. The third kappa shape index (κ3) is 6.14. The Labute approximate surface area is 350 Å². The highest BCUT2D eigenvalue weighted by atomic mass is 15.0. The molecular formula is C58H40N2. The molecule has 0 aliphatic carbocycles. The van der Waals surface area contributed by atoms with Crippen molar-refractivity contribution < 1.29 is 0 Å². The Morgan fingerprint density at radius 3 is 0.700 bits per heavy atom. The molecule has 0 radical (unpaired) electrons. The summed E-state index contributed by atoms with van der Waals surface area (Å²) in [6.07, 6.45) is 0. The quantitative estimate of drug-likeness (QED) is 0.136. The van der Waals surface area contributed by atoms with Crippen molar-refractivity contribution in [2.24, 2.45) is 0 Å². The lowest BCUT2D eigenvalue weighted by Gasteiger charge is -2.25. The van der Waals surface area contributed by atoms with Crippen LogP contribution in [0.3, 0.4) is 0 Å². The van der Waals surface area contributed by atoms with Gasteiger partial charge in [0.25, 0.3) is 0 Å². The highest BCUT2D eigenvalue weighted by Gasteiger charge is 2.25. The van der Waals surface area contributed by atoms with E-state index in [-0.39, 0.29) is 0 Å². The second kappa shape index (κ2) is 15.1. The van der Waals surface area contributed by atoms with Gasteiger partial charge in [-0.15, -0.1) is 0 Å². The first-order valence-electron chi connectivity index (χ1n) is 20.6. The standard InChI is InChI=1S/C58H40N2/c1-7-19-41(20-8-1)47-31-33-49-51(39-47)57(59-53(43-23-11-3-12-24-43)35-36-54(59)44-25-13-4-14-26-44)50-34-32-48(42-21-9-2-10-22-42)40-52(50)58(49)60-55(45-27-15-5-16-28-45)37-38-56(60)46-29-17-6-18-30-46/h1-40H. The number of rotatable bonds is 8. The molecule has 2 nitrogen and oxygen atoms in total. The Morgan fingerprint density at radius 2 is 0.433 bits per heavy atom. The van der Waals surface area contributed by atoms with Crippen LogP contribution in [0, 0.1) is 0 Å². The van der Waals surface area contributed by atoms with Crippen LogP contribution in [0.4, 0.5) is 0 Å². The molecular weight excluding hydrogens is 725 g/mol. The highest BCUT2D eigenvalue weighted by Crippen LogP contribution is 2.47. The third-order valence-corrected chi connectivity index (χ3v) is 11.8. The minimum absolute atomic E-state index is 1.14. The summed E-state index contributed by atoms with van der Waals surface area (Å²) in [7, 11) is 0. The molecule has 0 bridgehead atoms. The van der Waals surface area contributed by atoms with Gasteiger partial charge in [-0.2, -0.15) is 0 Å². The molecule has 2 aromatic heterocycles. The van der Waals surface area contributed by atoms with Crippen LogP contribution >= 0.6 is 0 Å². The highest BCUT2D eigenvalue weighted by molar-refractivity contribution is 6.17. The van der Waals surface area contributed by atoms with Crippen LogP contribution in [0.25, 0.3) is 100 Å². The normalized spacial score (nSPS) is 11.3. The lowest BCUT2D eigenvalue weighted by molar-refractivity contribution is 1.10. The Kier molecular flexibility index (Phi) is 8.87. The van der Waals surface area contributed by atoms with E-state index in [1.807, 2.05) is 0 Å². The van der Waals surface area contributed by atoms with E-state index in [1.54, 1.807) is 0 Å². The fraction of sp³-hybridized carbons (Fsp3) is 0. The van der Waals surface area contributed by atoms with Crippen molar-refractivity contribution in [2.45, 2.75) is 0 Å². The van der Waals surface area contributed by atoms with E-state index in [4.69, 9.17) is 0 Å². The third-order valence-electron chi connectivity index (χ3n) is 11.8. The largest absolute Gasteiger partial charge is 0.308 e. The van der Waals surface area contributed by atoms with E-state index in [0.29, 0.717) is 0 Å². The molecule has 2 heteroatoms. The maximum atomic E-state index is 2.52. The predicted octanol–water partition coefficient (Wildman–Crippen LogP) is 15.6. The second-order valence-corrected chi connectivity index (χ2v) is 15.3. The predicted molar refractivity (Wildman–Crippen MR) is 253 cm³/mol. The van der Waals surface area contributed by atoms with Crippen molar-refractivity contribution >= 4 is 21.5 Å². The summed E-state index contributed by atoms with van der Waals surface area (Å²) in [5, 5.41) is 4.67. The van der Waals surface area contributed by atoms with Crippen molar-refractivity contribution in [3.8, 4) is 78.7 Å². The van der Waals surface area contributed by atoms with Gasteiger partial charge in [0.05, 0.1) is 34.2 Å². The van der Waals surface area contributed by atoms with Crippen molar-refractivity contribution in [3.63, 3.8) is 0 Å². The molecule has 0 aliphatic heterocycles. The molecule has 0 saturated heterocycles. The van der Waals surface area contributed by atoms with Crippen LogP contribution in [-0.2, 0) is 0 Å². The molecule has 0 unspecified atom stereocenters. The zero-order valence-corrected chi connectivity index (χ0v) is 33.0. The molecule has 11 aromatic rings. The summed E-state index contributed by atoms with van der Waals surface area (Å²) in [5.74, 6) is 0. The van der Waals surface area contributed by atoms with Gasteiger partial charge in [0.15, 0.2) is 0 Å². The van der Waals surface area contributed by atoms with Gasteiger partial charge >= 0.3 is 0 Å². The average molecular weight is 765 g/mol. The molecule has 11 rings (SSSR count). The van der Waals surface area contributed by atoms with E-state index in [9.17, 15) is 0 Å². The van der Waals surface area contributed by atoms with Gasteiger partial charge in [-0.25, -0.2) is 0 Å². The molecule has 282 valence electrons. The maximum absolute atomic E-state index is 2.52. The van der Waals surface area contributed by atoms with E-state index in [1.165, 1.54) is 43.8 Å². The average Bonchev–Trinajstić information content (AvgIpc) is 3.98. The van der Waals surface area contributed by atoms with Crippen LogP contribution in [0.15, 0.2) is 243 Å². The fourth-order valence-electron chi connectivity index (χ4n) is 8.98. The Morgan fingerprint density at radius 1 is 0.183 bits per heavy atom. The van der Waals surface area contributed by atoms with Crippen LogP contribution in [0.5, 0.6) is 0 Å². The molecule has 9 aromatic carbocycles. The van der Waals surface area contributed by atoms with E-state index in [0.717, 1.165) is 56.4 Å². The van der Waals surface area contributed by atoms with Gasteiger partial charge in [0, 0.05) is 21.5 Å². The van der Waals surface area contributed by atoms with Gasteiger partial charge in [-0.1, -0.05) is 206 Å². The van der Waals surface area contributed by atoms with Crippen LogP contribution < -0.4 is 0 Å². The molecule has 0 fully saturated rings. The van der Waals surface area contributed by atoms with Crippen LogP contribution in [0.1, 0.15) is 0 Å². The smallest absolute Gasteiger partial charge is 0.0620 e. The Balaban J connectivity index is 1.35. The number of fused-ring (bicyclic) bond motifs is 2. The van der Waals surface area contributed by atoms with Gasteiger partial charge in [-0.05, 0) is 80.9 Å². The number of hydrogen-bond acceptors (Lipinski definition) is 0. The number of hydrogen-bond donors (Lipinski definition) is 0. The van der Waals surface area contributed by atoms with E-state index < -0.39 is 0 Å². The zero-order valence-electron chi connectivity index (χ0n) is 33.0. The first-order valence-corrected chi connectivity index (χ1v) is 20.6. The summed E-state index contributed by atoms with van der Waals surface area (Å²) < 4.78 is 5.03. The van der Waals surface area contributed by atoms with Crippen molar-refractivity contribution in [3.05, 3.63) is 243 Å². The van der Waals surface area contributed by atoms with Gasteiger partial charge in [0.1, 0.15) is 0 Å². The number of nitrogens with zero attached hydrogens (tertiary/aromatic N) is 2. The number of aromatic nitrogens is 2. The Hall–Kier alpha value is -7.94. The topological polar surface area (TPSA) is 9.86 Å². The van der Waals surface area contributed by atoms with Gasteiger partial charge in [-0.3, -0.25) is 0 Å². The molecule has 60 heavy (non-hydrogen) atoms. The molecule has 0 amide bonds. The summed E-state index contributed by atoms with van der Waals surface area (Å²) in [6.45, 7) is 0. The summed E-state index contributed by atoms with van der Waals surface area (Å²) >= 11 is 0. The van der Waals surface area contributed by atoms with E-state index in [2.05, 4.69) is 252 Å². The van der Waals surface area contributed by atoms with Gasteiger partial charge < -0.3 is 9.13 Å². The monoisotopic (exact) mass is 764 g/mol. The van der Waals surface area contributed by atoms with Gasteiger partial charge in [0.2, 0.25) is 0 Å².